The zero-order valence-electron chi connectivity index (χ0n) is 18.6. The molecule has 164 valence electrons. The number of unbranched alkanes of at least 4 members (excludes halogenated alkanes) is 1. The predicted octanol–water partition coefficient (Wildman–Crippen LogP) is 6.00. The van der Waals surface area contributed by atoms with Crippen molar-refractivity contribution >= 4 is 11.3 Å². The van der Waals surface area contributed by atoms with E-state index in [0.29, 0.717) is 17.9 Å². The van der Waals surface area contributed by atoms with Gasteiger partial charge >= 0.3 is 0 Å². The molecular weight excluding hydrogens is 396 g/mol. The highest BCUT2D eigenvalue weighted by Gasteiger charge is 2.20. The van der Waals surface area contributed by atoms with E-state index < -0.39 is 0 Å². The largest absolute Gasteiger partial charge is 0.494 e. The molecule has 4 aromatic rings. The average Bonchev–Trinajstić information content (AvgIpc) is 3.24. The number of nitrogens with one attached hydrogen (secondary N) is 1. The molecule has 0 radical (unpaired) electrons. The van der Waals surface area contributed by atoms with E-state index in [0.717, 1.165) is 41.9 Å². The van der Waals surface area contributed by atoms with Crippen LogP contribution in [-0.4, -0.2) is 29.9 Å². The van der Waals surface area contributed by atoms with Crippen LogP contribution in [0.4, 0.5) is 0 Å². The summed E-state index contributed by atoms with van der Waals surface area (Å²) in [5.41, 5.74) is 4.31. The fourth-order valence-electron chi connectivity index (χ4n) is 3.85. The minimum absolute atomic E-state index is 0.00160. The van der Waals surface area contributed by atoms with Gasteiger partial charge in [0.2, 0.25) is 5.78 Å². The van der Waals surface area contributed by atoms with Crippen LogP contribution in [0.15, 0.2) is 85.1 Å². The molecule has 0 spiro atoms. The second-order valence-corrected chi connectivity index (χ2v) is 7.93. The second-order valence-electron chi connectivity index (χ2n) is 7.93. The van der Waals surface area contributed by atoms with Crippen LogP contribution in [0.1, 0.15) is 42.2 Å². The van der Waals surface area contributed by atoms with Crippen molar-refractivity contribution in [2.24, 2.45) is 0 Å². The molecule has 4 heteroatoms. The minimum Gasteiger partial charge on any atom is -0.494 e. The molecule has 0 aliphatic carbocycles. The van der Waals surface area contributed by atoms with E-state index in [9.17, 15) is 4.79 Å². The van der Waals surface area contributed by atoms with Crippen molar-refractivity contribution in [3.8, 4) is 16.9 Å². The number of fused-ring (bicyclic) bond motifs is 1. The van der Waals surface area contributed by atoms with Gasteiger partial charge in [0.15, 0.2) is 0 Å². The lowest BCUT2D eigenvalue weighted by molar-refractivity contribution is 0.103. The highest BCUT2D eigenvalue weighted by atomic mass is 16.5. The third-order valence-corrected chi connectivity index (χ3v) is 5.57. The zero-order valence-corrected chi connectivity index (χ0v) is 18.6. The van der Waals surface area contributed by atoms with Crippen molar-refractivity contribution < 1.29 is 9.53 Å². The first-order chi connectivity index (χ1) is 15.8. The van der Waals surface area contributed by atoms with Gasteiger partial charge in [-0.15, -0.1) is 0 Å². The van der Waals surface area contributed by atoms with Crippen molar-refractivity contribution in [2.75, 3.05) is 19.7 Å². The Kier molecular flexibility index (Phi) is 7.36. The number of rotatable bonds is 11. The van der Waals surface area contributed by atoms with E-state index in [1.54, 1.807) is 0 Å². The molecule has 2 heterocycles. The maximum Gasteiger partial charge on any atom is 0.210 e. The van der Waals surface area contributed by atoms with Crippen LogP contribution in [0.3, 0.4) is 0 Å². The Labute approximate surface area is 189 Å². The second kappa shape index (κ2) is 10.8. The van der Waals surface area contributed by atoms with Gasteiger partial charge in [-0.1, -0.05) is 49.7 Å². The molecule has 0 saturated heterocycles. The van der Waals surface area contributed by atoms with Crippen LogP contribution in [0.5, 0.6) is 5.75 Å². The molecule has 0 unspecified atom stereocenters. The number of carbonyl (C=O) groups is 1. The summed E-state index contributed by atoms with van der Waals surface area (Å²) < 4.78 is 7.82. The number of ether oxygens (including phenoxy) is 1. The number of carbonyl (C=O) groups excluding carboxylic acids is 1. The summed E-state index contributed by atoms with van der Waals surface area (Å²) in [6, 6.07) is 25.6. The van der Waals surface area contributed by atoms with Gasteiger partial charge in [-0.25, -0.2) is 0 Å². The number of aromatic nitrogens is 1. The normalized spacial score (nSPS) is 11.0. The zero-order chi connectivity index (χ0) is 22.2. The quantitative estimate of drug-likeness (QED) is 0.236. The van der Waals surface area contributed by atoms with Gasteiger partial charge in [-0.2, -0.15) is 0 Å². The molecular formula is C28H30N2O2. The van der Waals surface area contributed by atoms with E-state index in [2.05, 4.69) is 18.3 Å². The molecule has 0 atom stereocenters. The molecule has 0 fully saturated rings. The number of ketones is 1. The molecule has 2 aromatic heterocycles. The summed E-state index contributed by atoms with van der Waals surface area (Å²) in [6.45, 7) is 4.88. The van der Waals surface area contributed by atoms with Crippen molar-refractivity contribution in [2.45, 2.75) is 26.2 Å². The molecule has 0 amide bonds. The first-order valence-corrected chi connectivity index (χ1v) is 11.4. The Morgan fingerprint density at radius 2 is 1.66 bits per heavy atom. The summed E-state index contributed by atoms with van der Waals surface area (Å²) in [5.74, 6) is 0.792. The Morgan fingerprint density at radius 1 is 0.906 bits per heavy atom. The Balaban J connectivity index is 1.49. The van der Waals surface area contributed by atoms with E-state index in [1.165, 1.54) is 12.8 Å². The van der Waals surface area contributed by atoms with Crippen LogP contribution in [-0.2, 0) is 0 Å². The summed E-state index contributed by atoms with van der Waals surface area (Å²) in [7, 11) is 0. The molecule has 4 nitrogen and oxygen atoms in total. The van der Waals surface area contributed by atoms with Gasteiger partial charge in [-0.05, 0) is 74.0 Å². The fraction of sp³-hybridized carbons (Fsp3) is 0.250. The van der Waals surface area contributed by atoms with Gasteiger partial charge in [0.1, 0.15) is 11.4 Å². The van der Waals surface area contributed by atoms with Crippen molar-refractivity contribution in [3.63, 3.8) is 0 Å². The molecule has 4 rings (SSSR count). The highest BCUT2D eigenvalue weighted by molar-refractivity contribution is 6.13. The van der Waals surface area contributed by atoms with E-state index in [-0.39, 0.29) is 5.78 Å². The molecule has 0 aliphatic rings. The van der Waals surface area contributed by atoms with Crippen LogP contribution in [0, 0.1) is 0 Å². The van der Waals surface area contributed by atoms with Gasteiger partial charge in [0.25, 0.3) is 0 Å². The lowest BCUT2D eigenvalue weighted by Gasteiger charge is -2.09. The standard InChI is InChI=1S/C28H30N2O2/c1-2-3-17-29-18-9-20-32-25-15-13-23(14-16-25)28(31)27-26(22-10-5-4-6-11-22)21-24-12-7-8-19-30(24)27/h4-8,10-16,19,21,29H,2-3,9,17-18,20H2,1H3. The predicted molar refractivity (Wildman–Crippen MR) is 131 cm³/mol. The lowest BCUT2D eigenvalue weighted by atomic mass is 10.0. The highest BCUT2D eigenvalue weighted by Crippen LogP contribution is 2.30. The third-order valence-electron chi connectivity index (χ3n) is 5.57. The number of hydrogen-bond donors (Lipinski definition) is 1. The number of hydrogen-bond acceptors (Lipinski definition) is 3. The van der Waals surface area contributed by atoms with E-state index in [1.807, 2.05) is 83.4 Å². The molecule has 0 bridgehead atoms. The van der Waals surface area contributed by atoms with Crippen LogP contribution in [0.2, 0.25) is 0 Å². The summed E-state index contributed by atoms with van der Waals surface area (Å²) in [4.78, 5) is 13.5. The monoisotopic (exact) mass is 426 g/mol. The molecule has 32 heavy (non-hydrogen) atoms. The average molecular weight is 427 g/mol. The lowest BCUT2D eigenvalue weighted by Crippen LogP contribution is -2.18. The minimum atomic E-state index is 0.00160. The van der Waals surface area contributed by atoms with Crippen LogP contribution in [0.25, 0.3) is 16.6 Å². The van der Waals surface area contributed by atoms with Gasteiger partial charge in [0, 0.05) is 22.8 Å². The first-order valence-electron chi connectivity index (χ1n) is 11.4. The Bertz CT molecular complexity index is 1150. The number of benzene rings is 2. The summed E-state index contributed by atoms with van der Waals surface area (Å²) in [6.07, 6.45) is 5.32. The first kappa shape index (κ1) is 21.8. The molecule has 2 aromatic carbocycles. The summed E-state index contributed by atoms with van der Waals surface area (Å²) in [5, 5.41) is 3.42. The molecule has 1 N–H and O–H groups in total. The Hall–Kier alpha value is -3.37. The van der Waals surface area contributed by atoms with Crippen molar-refractivity contribution in [3.05, 3.63) is 96.3 Å². The maximum atomic E-state index is 13.5. The summed E-state index contributed by atoms with van der Waals surface area (Å²) >= 11 is 0. The smallest absolute Gasteiger partial charge is 0.210 e. The molecule has 0 aliphatic heterocycles. The van der Waals surface area contributed by atoms with Gasteiger partial charge < -0.3 is 14.5 Å². The third kappa shape index (κ3) is 5.09. The fourth-order valence-corrected chi connectivity index (χ4v) is 3.85. The van der Waals surface area contributed by atoms with Crippen molar-refractivity contribution in [1.82, 2.24) is 9.72 Å². The van der Waals surface area contributed by atoms with E-state index >= 15 is 0 Å². The number of pyridine rings is 1. The Morgan fingerprint density at radius 3 is 2.44 bits per heavy atom. The number of nitrogens with zero attached hydrogens (tertiary/aromatic N) is 1. The SMILES string of the molecule is CCCCNCCCOc1ccc(C(=O)c2c(-c3ccccc3)cc3ccccn23)cc1. The molecule has 0 saturated carbocycles. The van der Waals surface area contributed by atoms with Crippen molar-refractivity contribution in [1.29, 1.82) is 0 Å². The maximum absolute atomic E-state index is 13.5. The topological polar surface area (TPSA) is 42.7 Å². The van der Waals surface area contributed by atoms with Gasteiger partial charge in [-0.3, -0.25) is 4.79 Å². The van der Waals surface area contributed by atoms with Gasteiger partial charge in [0.05, 0.1) is 6.61 Å². The van der Waals surface area contributed by atoms with E-state index in [4.69, 9.17) is 4.74 Å². The van der Waals surface area contributed by atoms with Crippen LogP contribution >= 0.6 is 0 Å². The van der Waals surface area contributed by atoms with Crippen LogP contribution < -0.4 is 10.1 Å².